The molecule has 0 heterocycles. The Labute approximate surface area is 128 Å². The van der Waals surface area contributed by atoms with E-state index in [1.807, 2.05) is 0 Å². The number of hydrogen-bond acceptors (Lipinski definition) is 11. The zero-order chi connectivity index (χ0) is 18.0. The van der Waals surface area contributed by atoms with Crippen LogP contribution in [0.15, 0.2) is 0 Å². The summed E-state index contributed by atoms with van der Waals surface area (Å²) in [6, 6.07) is 0. The molecule has 0 aromatic heterocycles. The molecular weight excluding hydrogens is 302 g/mol. The van der Waals surface area contributed by atoms with Crippen LogP contribution in [-0.2, 0) is 9.47 Å². The first kappa shape index (κ1) is 21.6. The predicted molar refractivity (Wildman–Crippen MR) is 72.9 cm³/mol. The van der Waals surface area contributed by atoms with E-state index in [1.54, 1.807) is 13.8 Å². The van der Waals surface area contributed by atoms with Crippen molar-refractivity contribution in [1.29, 1.82) is 0 Å². The van der Waals surface area contributed by atoms with Gasteiger partial charge >= 0.3 is 12.2 Å². The van der Waals surface area contributed by atoms with Gasteiger partial charge in [-0.1, -0.05) is 0 Å². The zero-order valence-electron chi connectivity index (χ0n) is 13.4. The van der Waals surface area contributed by atoms with Gasteiger partial charge in [0, 0.05) is 13.2 Å². The molecule has 0 saturated carbocycles. The molecular formula is C11H27N3O8. The molecule has 0 unspecified atom stereocenters. The molecule has 0 aliphatic rings. The van der Waals surface area contributed by atoms with Crippen molar-refractivity contribution in [2.75, 3.05) is 27.3 Å². The summed E-state index contributed by atoms with van der Waals surface area (Å²) in [5.74, 6) is -4.35. The molecule has 0 spiro atoms. The van der Waals surface area contributed by atoms with Gasteiger partial charge in [-0.05, 0) is 34.9 Å². The SMILES string of the molecule is CCOC(C)(OCC)C(N)(N(C)C(O)(O)O)N(C)C(O)(O)O. The second-order valence-electron chi connectivity index (χ2n) is 4.86. The Kier molecular flexibility index (Phi) is 6.84. The summed E-state index contributed by atoms with van der Waals surface area (Å²) in [6.07, 6.45) is -6.96. The van der Waals surface area contributed by atoms with Crippen molar-refractivity contribution in [1.82, 2.24) is 9.80 Å². The molecule has 0 amide bonds. The van der Waals surface area contributed by atoms with E-state index in [4.69, 9.17) is 15.2 Å². The van der Waals surface area contributed by atoms with Gasteiger partial charge in [0.05, 0.1) is 0 Å². The molecule has 0 rings (SSSR count). The topological polar surface area (TPSA) is 172 Å². The maximum atomic E-state index is 9.41. The summed E-state index contributed by atoms with van der Waals surface area (Å²) in [5.41, 5.74) is 6.05. The molecule has 0 aromatic rings. The maximum Gasteiger partial charge on any atom is 0.348 e. The Hall–Kier alpha value is -0.440. The van der Waals surface area contributed by atoms with Crippen LogP contribution in [0.1, 0.15) is 20.8 Å². The predicted octanol–water partition coefficient (Wildman–Crippen LogP) is -3.57. The van der Waals surface area contributed by atoms with Crippen LogP contribution in [0.4, 0.5) is 0 Å². The van der Waals surface area contributed by atoms with E-state index < -0.39 is 23.8 Å². The first-order valence-corrected chi connectivity index (χ1v) is 6.57. The van der Waals surface area contributed by atoms with Crippen molar-refractivity contribution in [3.8, 4) is 0 Å². The second kappa shape index (κ2) is 6.98. The molecule has 134 valence electrons. The van der Waals surface area contributed by atoms with Gasteiger partial charge in [-0.15, -0.1) is 0 Å². The largest absolute Gasteiger partial charge is 0.348 e. The Morgan fingerprint density at radius 3 is 1.27 bits per heavy atom. The van der Waals surface area contributed by atoms with Gasteiger partial charge in [-0.25, -0.2) is 0 Å². The molecule has 0 radical (unpaired) electrons. The molecule has 8 N–H and O–H groups in total. The summed E-state index contributed by atoms with van der Waals surface area (Å²) in [4.78, 5) is 0.644. The van der Waals surface area contributed by atoms with Gasteiger partial charge in [-0.2, -0.15) is 9.80 Å². The number of likely N-dealkylation sites (N-methyl/N-ethyl adjacent to an activating group) is 2. The lowest BCUT2D eigenvalue weighted by Gasteiger charge is -2.56. The van der Waals surface area contributed by atoms with Crippen molar-refractivity contribution in [3.05, 3.63) is 0 Å². The van der Waals surface area contributed by atoms with Gasteiger partial charge in [-0.3, -0.25) is 5.73 Å². The highest BCUT2D eigenvalue weighted by molar-refractivity contribution is 4.96. The van der Waals surface area contributed by atoms with Crippen molar-refractivity contribution in [2.24, 2.45) is 5.73 Å². The van der Waals surface area contributed by atoms with E-state index in [1.165, 1.54) is 6.92 Å². The van der Waals surface area contributed by atoms with Gasteiger partial charge in [0.15, 0.2) is 5.79 Å². The lowest BCUT2D eigenvalue weighted by molar-refractivity contribution is -0.491. The van der Waals surface area contributed by atoms with E-state index in [0.29, 0.717) is 9.80 Å². The minimum atomic E-state index is -3.48. The van der Waals surface area contributed by atoms with Crippen LogP contribution in [-0.4, -0.2) is 91.5 Å². The third-order valence-corrected chi connectivity index (χ3v) is 3.43. The number of ether oxygens (including phenoxy) is 2. The molecule has 22 heavy (non-hydrogen) atoms. The van der Waals surface area contributed by atoms with Gasteiger partial charge < -0.3 is 40.1 Å². The fourth-order valence-electron chi connectivity index (χ4n) is 2.10. The van der Waals surface area contributed by atoms with Crippen molar-refractivity contribution >= 4 is 0 Å². The first-order chi connectivity index (χ1) is 9.68. The van der Waals surface area contributed by atoms with Crippen LogP contribution in [0.2, 0.25) is 0 Å². The van der Waals surface area contributed by atoms with Gasteiger partial charge in [0.25, 0.3) is 0 Å². The molecule has 11 nitrogen and oxygen atoms in total. The minimum Gasteiger partial charge on any atom is -0.346 e. The molecule has 11 heteroatoms. The van der Waals surface area contributed by atoms with E-state index >= 15 is 0 Å². The molecule has 0 bridgehead atoms. The van der Waals surface area contributed by atoms with Crippen LogP contribution in [0, 0.1) is 0 Å². The van der Waals surface area contributed by atoms with E-state index in [2.05, 4.69) is 0 Å². The summed E-state index contributed by atoms with van der Waals surface area (Å²) in [7, 11) is 1.89. The van der Waals surface area contributed by atoms with E-state index in [-0.39, 0.29) is 13.2 Å². The lowest BCUT2D eigenvalue weighted by Crippen LogP contribution is -2.83. The normalized spacial score (nSPS) is 15.0. The smallest absolute Gasteiger partial charge is 0.346 e. The molecule has 0 fully saturated rings. The van der Waals surface area contributed by atoms with Crippen molar-refractivity contribution in [3.63, 3.8) is 0 Å². The van der Waals surface area contributed by atoms with Gasteiger partial charge in [0.1, 0.15) is 0 Å². The Bertz CT molecular complexity index is 328. The Morgan fingerprint density at radius 1 is 0.818 bits per heavy atom. The highest BCUT2D eigenvalue weighted by atomic mass is 16.7. The van der Waals surface area contributed by atoms with E-state index in [0.717, 1.165) is 14.1 Å². The minimum absolute atomic E-state index is 0.0434. The van der Waals surface area contributed by atoms with Crippen molar-refractivity contribution < 1.29 is 40.1 Å². The third kappa shape index (κ3) is 4.10. The monoisotopic (exact) mass is 329 g/mol. The number of aliphatic hydroxyl groups is 6. The Morgan fingerprint density at radius 2 is 1.09 bits per heavy atom. The molecule has 0 saturated heterocycles. The average molecular weight is 329 g/mol. The Balaban J connectivity index is 6.19. The summed E-state index contributed by atoms with van der Waals surface area (Å²) in [6.45, 7) is 4.53. The van der Waals surface area contributed by atoms with Crippen molar-refractivity contribution in [2.45, 2.75) is 44.5 Å². The third-order valence-electron chi connectivity index (χ3n) is 3.43. The van der Waals surface area contributed by atoms with Crippen LogP contribution in [0.5, 0.6) is 0 Å². The average Bonchev–Trinajstić information content (AvgIpc) is 2.34. The van der Waals surface area contributed by atoms with Crippen LogP contribution in [0.3, 0.4) is 0 Å². The van der Waals surface area contributed by atoms with E-state index in [9.17, 15) is 30.6 Å². The molecule has 0 aromatic carbocycles. The van der Waals surface area contributed by atoms with Crippen LogP contribution >= 0.6 is 0 Å². The van der Waals surface area contributed by atoms with Gasteiger partial charge in [0.2, 0.25) is 5.79 Å². The van der Waals surface area contributed by atoms with Crippen LogP contribution < -0.4 is 5.73 Å². The van der Waals surface area contributed by atoms with Crippen LogP contribution in [0.25, 0.3) is 0 Å². The zero-order valence-corrected chi connectivity index (χ0v) is 13.4. The highest BCUT2D eigenvalue weighted by Crippen LogP contribution is 2.35. The fraction of sp³-hybridized carbons (Fsp3) is 1.00. The summed E-state index contributed by atoms with van der Waals surface area (Å²) < 4.78 is 10.7. The molecule has 0 aliphatic heterocycles. The second-order valence-corrected chi connectivity index (χ2v) is 4.86. The fourth-order valence-corrected chi connectivity index (χ4v) is 2.10. The number of nitrogens with zero attached hydrogens (tertiary/aromatic N) is 2. The first-order valence-electron chi connectivity index (χ1n) is 6.57. The molecule has 0 aliphatic carbocycles. The lowest BCUT2D eigenvalue weighted by atomic mass is 10.1. The standard InChI is InChI=1S/C11H27N3O8/c1-6-21-8(3,22-7-2)9(12,13(4)10(15,16)17)14(5)11(18,19)20/h15-20H,6-7,12H2,1-5H3. The number of nitrogens with two attached hydrogens (primary N) is 1. The highest BCUT2D eigenvalue weighted by Gasteiger charge is 2.62. The summed E-state index contributed by atoms with van der Waals surface area (Å²) >= 11 is 0. The number of hydrogen-bond donors (Lipinski definition) is 7. The quantitative estimate of drug-likeness (QED) is 0.209. The molecule has 0 atom stereocenters. The number of rotatable bonds is 9. The maximum absolute atomic E-state index is 9.41. The summed E-state index contributed by atoms with van der Waals surface area (Å²) in [5, 5.41) is 56.5.